The van der Waals surface area contributed by atoms with Crippen molar-refractivity contribution in [2.45, 2.75) is 6.04 Å². The summed E-state index contributed by atoms with van der Waals surface area (Å²) in [5.41, 5.74) is 0.835. The van der Waals surface area contributed by atoms with Crippen LogP contribution in [0.5, 0.6) is 5.75 Å². The summed E-state index contributed by atoms with van der Waals surface area (Å²) in [6.45, 7) is 1.19. The maximum Gasteiger partial charge on any atom is 0.327 e. The molecule has 0 fully saturated rings. The van der Waals surface area contributed by atoms with Gasteiger partial charge in [0.25, 0.3) is 0 Å². The smallest absolute Gasteiger partial charge is 0.327 e. The number of benzene rings is 1. The Hall–Kier alpha value is -1.55. The number of methoxy groups -OCH3 is 1. The molecule has 0 amide bonds. The highest BCUT2D eigenvalue weighted by Gasteiger charge is 2.25. The van der Waals surface area contributed by atoms with Gasteiger partial charge < -0.3 is 9.47 Å². The van der Waals surface area contributed by atoms with E-state index in [1.807, 2.05) is 24.3 Å². The Balaban J connectivity index is 2.37. The van der Waals surface area contributed by atoms with Gasteiger partial charge in [-0.3, -0.25) is 5.32 Å². The van der Waals surface area contributed by atoms with Crippen LogP contribution in [0.4, 0.5) is 0 Å². The van der Waals surface area contributed by atoms with Crippen LogP contribution < -0.4 is 10.1 Å². The van der Waals surface area contributed by atoms with Crippen molar-refractivity contribution >= 4 is 5.97 Å². The Morgan fingerprint density at radius 3 is 3.13 bits per heavy atom. The predicted molar refractivity (Wildman–Crippen MR) is 54.7 cm³/mol. The third kappa shape index (κ3) is 1.94. The van der Waals surface area contributed by atoms with E-state index in [1.54, 1.807) is 0 Å². The van der Waals surface area contributed by atoms with Gasteiger partial charge in [0.1, 0.15) is 18.4 Å². The van der Waals surface area contributed by atoms with Crippen molar-refractivity contribution in [2.24, 2.45) is 0 Å². The highest BCUT2D eigenvalue weighted by molar-refractivity contribution is 5.78. The number of hydrogen-bond donors (Lipinski definition) is 1. The molecule has 1 aromatic carbocycles. The quantitative estimate of drug-likeness (QED) is 0.694. The molecule has 0 radical (unpaired) electrons. The van der Waals surface area contributed by atoms with Crippen molar-refractivity contribution in [1.82, 2.24) is 5.32 Å². The number of rotatable bonds is 1. The van der Waals surface area contributed by atoms with Crippen molar-refractivity contribution in [3.8, 4) is 5.75 Å². The van der Waals surface area contributed by atoms with Gasteiger partial charge in [-0.15, -0.1) is 0 Å². The van der Waals surface area contributed by atoms with E-state index in [1.165, 1.54) is 7.11 Å². The molecular formula is C11H13NO3. The first-order chi connectivity index (χ1) is 7.33. The molecule has 80 valence electrons. The monoisotopic (exact) mass is 207 g/mol. The molecule has 1 aliphatic rings. The molecule has 1 N–H and O–H groups in total. The zero-order chi connectivity index (χ0) is 10.7. The third-order valence-corrected chi connectivity index (χ3v) is 2.37. The lowest BCUT2D eigenvalue weighted by Gasteiger charge is -2.14. The first-order valence-corrected chi connectivity index (χ1v) is 4.86. The third-order valence-electron chi connectivity index (χ3n) is 2.37. The number of carbonyl (C=O) groups excluding carboxylic acids is 1. The van der Waals surface area contributed by atoms with E-state index in [4.69, 9.17) is 9.47 Å². The maximum absolute atomic E-state index is 11.5. The molecule has 4 nitrogen and oxygen atoms in total. The molecule has 1 heterocycles. The van der Waals surface area contributed by atoms with E-state index in [-0.39, 0.29) is 5.97 Å². The topological polar surface area (TPSA) is 47.6 Å². The molecule has 1 aliphatic heterocycles. The van der Waals surface area contributed by atoms with Gasteiger partial charge in [0.2, 0.25) is 0 Å². The second-order valence-electron chi connectivity index (χ2n) is 3.30. The first kappa shape index (κ1) is 9.98. The summed E-state index contributed by atoms with van der Waals surface area (Å²) >= 11 is 0. The molecule has 0 bridgehead atoms. The van der Waals surface area contributed by atoms with Crippen molar-refractivity contribution in [3.63, 3.8) is 0 Å². The molecule has 2 rings (SSSR count). The number of hydrogen-bond acceptors (Lipinski definition) is 4. The van der Waals surface area contributed by atoms with E-state index >= 15 is 0 Å². The van der Waals surface area contributed by atoms with Gasteiger partial charge in [-0.2, -0.15) is 0 Å². The minimum Gasteiger partial charge on any atom is -0.492 e. The fraction of sp³-hybridized carbons (Fsp3) is 0.364. The van der Waals surface area contributed by atoms with Gasteiger partial charge in [0, 0.05) is 12.1 Å². The van der Waals surface area contributed by atoms with Gasteiger partial charge in [-0.1, -0.05) is 18.2 Å². The van der Waals surface area contributed by atoms with Crippen LogP contribution in [0.15, 0.2) is 24.3 Å². The average molecular weight is 207 g/mol. The molecule has 0 saturated heterocycles. The number of nitrogens with one attached hydrogen (secondary N) is 1. The summed E-state index contributed by atoms with van der Waals surface area (Å²) in [7, 11) is 1.39. The average Bonchev–Trinajstić information content (AvgIpc) is 2.50. The zero-order valence-electron chi connectivity index (χ0n) is 8.53. The lowest BCUT2D eigenvalue weighted by molar-refractivity contribution is -0.143. The zero-order valence-corrected chi connectivity index (χ0v) is 8.53. The van der Waals surface area contributed by atoms with Crippen molar-refractivity contribution in [1.29, 1.82) is 0 Å². The lowest BCUT2D eigenvalue weighted by Crippen LogP contribution is -2.30. The SMILES string of the molecule is COC(=O)C1NCCOc2ccccc21. The fourth-order valence-corrected chi connectivity index (χ4v) is 1.65. The number of ether oxygens (including phenoxy) is 2. The van der Waals surface area contributed by atoms with Crippen LogP contribution in [-0.4, -0.2) is 26.2 Å². The number of carbonyl (C=O) groups is 1. The van der Waals surface area contributed by atoms with Crippen LogP contribution in [0.25, 0.3) is 0 Å². The highest BCUT2D eigenvalue weighted by atomic mass is 16.5. The fourth-order valence-electron chi connectivity index (χ4n) is 1.65. The number of fused-ring (bicyclic) bond motifs is 1. The number of esters is 1. The number of para-hydroxylation sites is 1. The highest BCUT2D eigenvalue weighted by Crippen LogP contribution is 2.27. The molecule has 15 heavy (non-hydrogen) atoms. The van der Waals surface area contributed by atoms with Gasteiger partial charge in [-0.25, -0.2) is 4.79 Å². The van der Waals surface area contributed by atoms with Gasteiger partial charge in [-0.05, 0) is 6.07 Å². The van der Waals surface area contributed by atoms with Gasteiger partial charge >= 0.3 is 5.97 Å². The Morgan fingerprint density at radius 1 is 1.53 bits per heavy atom. The molecule has 0 spiro atoms. The van der Waals surface area contributed by atoms with Crippen LogP contribution in [-0.2, 0) is 9.53 Å². The van der Waals surface area contributed by atoms with Crippen LogP contribution in [0.2, 0.25) is 0 Å². The molecule has 4 heteroatoms. The van der Waals surface area contributed by atoms with Crippen LogP contribution in [0, 0.1) is 0 Å². The normalized spacial score (nSPS) is 19.7. The maximum atomic E-state index is 11.5. The predicted octanol–water partition coefficient (Wildman–Crippen LogP) is 0.883. The van der Waals surface area contributed by atoms with E-state index in [2.05, 4.69) is 5.32 Å². The molecule has 1 aromatic rings. The minimum atomic E-state index is -0.423. The summed E-state index contributed by atoms with van der Waals surface area (Å²) in [5, 5.41) is 3.09. The van der Waals surface area contributed by atoms with E-state index < -0.39 is 6.04 Å². The molecule has 1 unspecified atom stereocenters. The van der Waals surface area contributed by atoms with Crippen molar-refractivity contribution in [3.05, 3.63) is 29.8 Å². The molecule has 0 aromatic heterocycles. The van der Waals surface area contributed by atoms with Crippen LogP contribution in [0.1, 0.15) is 11.6 Å². The summed E-state index contributed by atoms with van der Waals surface area (Å²) in [5.74, 6) is 0.464. The summed E-state index contributed by atoms with van der Waals surface area (Å²) in [6, 6.07) is 7.07. The van der Waals surface area contributed by atoms with Gasteiger partial charge in [0.15, 0.2) is 0 Å². The lowest BCUT2D eigenvalue weighted by atomic mass is 10.1. The molecule has 1 atom stereocenters. The Labute approximate surface area is 88.2 Å². The Bertz CT molecular complexity index is 365. The minimum absolute atomic E-state index is 0.284. The van der Waals surface area contributed by atoms with Crippen molar-refractivity contribution < 1.29 is 14.3 Å². The Morgan fingerprint density at radius 2 is 2.33 bits per heavy atom. The molecular weight excluding hydrogens is 194 g/mol. The van der Waals surface area contributed by atoms with E-state index in [9.17, 15) is 4.79 Å². The van der Waals surface area contributed by atoms with E-state index in [0.29, 0.717) is 13.2 Å². The van der Waals surface area contributed by atoms with Crippen molar-refractivity contribution in [2.75, 3.05) is 20.3 Å². The van der Waals surface area contributed by atoms with E-state index in [0.717, 1.165) is 11.3 Å². The summed E-state index contributed by atoms with van der Waals surface area (Å²) < 4.78 is 10.2. The first-order valence-electron chi connectivity index (χ1n) is 4.86. The molecule has 0 saturated carbocycles. The second-order valence-corrected chi connectivity index (χ2v) is 3.30. The second kappa shape index (κ2) is 4.31. The van der Waals surface area contributed by atoms with Crippen LogP contribution in [0.3, 0.4) is 0 Å². The molecule has 0 aliphatic carbocycles. The summed E-state index contributed by atoms with van der Waals surface area (Å²) in [4.78, 5) is 11.5. The standard InChI is InChI=1S/C11H13NO3/c1-14-11(13)10-8-4-2-3-5-9(8)15-7-6-12-10/h2-5,10,12H,6-7H2,1H3. The van der Waals surface area contributed by atoms with Gasteiger partial charge in [0.05, 0.1) is 7.11 Å². The largest absolute Gasteiger partial charge is 0.492 e. The summed E-state index contributed by atoms with van der Waals surface area (Å²) in [6.07, 6.45) is 0. The van der Waals surface area contributed by atoms with Crippen LogP contribution >= 0.6 is 0 Å². The Kier molecular flexibility index (Phi) is 2.87.